The van der Waals surface area contributed by atoms with E-state index in [1.807, 2.05) is 14.1 Å². The van der Waals surface area contributed by atoms with E-state index in [-0.39, 0.29) is 6.03 Å². The first-order valence-corrected chi connectivity index (χ1v) is 7.91. The number of nitrogens with zero attached hydrogens (tertiary/aromatic N) is 2. The smallest absolute Gasteiger partial charge is 0.329 e. The number of nitrogens with one attached hydrogen (secondary N) is 1. The van der Waals surface area contributed by atoms with E-state index in [9.17, 15) is 14.7 Å². The molecule has 0 spiro atoms. The van der Waals surface area contributed by atoms with E-state index in [1.54, 1.807) is 4.90 Å². The zero-order chi connectivity index (χ0) is 15.5. The van der Waals surface area contributed by atoms with Crippen molar-refractivity contribution in [3.63, 3.8) is 0 Å². The molecule has 0 aromatic carbocycles. The topological polar surface area (TPSA) is 72.9 Å². The summed E-state index contributed by atoms with van der Waals surface area (Å²) in [6, 6.07) is 0.141. The molecule has 120 valence electrons. The van der Waals surface area contributed by atoms with Crippen LogP contribution < -0.4 is 5.32 Å². The Morgan fingerprint density at radius 3 is 2.43 bits per heavy atom. The molecule has 2 N–H and O–H groups in total. The van der Waals surface area contributed by atoms with E-state index >= 15 is 0 Å². The summed E-state index contributed by atoms with van der Waals surface area (Å²) >= 11 is 0. The Bertz CT molecular complexity index is 392. The quantitative estimate of drug-likeness (QED) is 0.828. The summed E-state index contributed by atoms with van der Waals surface area (Å²) in [5.74, 6) is -0.892. The third kappa shape index (κ3) is 3.67. The highest BCUT2D eigenvalue weighted by molar-refractivity contribution is 5.86. The van der Waals surface area contributed by atoms with Gasteiger partial charge in [0.05, 0.1) is 0 Å². The number of urea groups is 1. The van der Waals surface area contributed by atoms with Gasteiger partial charge in [0, 0.05) is 19.1 Å². The number of carbonyl (C=O) groups is 2. The minimum Gasteiger partial charge on any atom is -0.480 e. The molecule has 0 radical (unpaired) electrons. The molecule has 6 heteroatoms. The first-order chi connectivity index (χ1) is 9.94. The van der Waals surface area contributed by atoms with Crippen LogP contribution in [0, 0.1) is 0 Å². The SMILES string of the molecule is CN(C)C1CCCN(C(=O)NC2(C(=O)O)CCCCC2)C1. The molecule has 0 aromatic heterocycles. The van der Waals surface area contributed by atoms with Gasteiger partial charge in [-0.15, -0.1) is 0 Å². The zero-order valence-electron chi connectivity index (χ0n) is 13.1. The van der Waals surface area contributed by atoms with Crippen LogP contribution in [0.4, 0.5) is 4.79 Å². The molecule has 2 rings (SSSR count). The molecule has 21 heavy (non-hydrogen) atoms. The van der Waals surface area contributed by atoms with Crippen LogP contribution in [0.2, 0.25) is 0 Å². The summed E-state index contributed by atoms with van der Waals surface area (Å²) < 4.78 is 0. The first kappa shape index (κ1) is 16.1. The van der Waals surface area contributed by atoms with Crippen molar-refractivity contribution in [1.29, 1.82) is 0 Å². The minimum atomic E-state index is -1.06. The van der Waals surface area contributed by atoms with Crippen LogP contribution in [0.5, 0.6) is 0 Å². The van der Waals surface area contributed by atoms with Crippen LogP contribution in [0.3, 0.4) is 0 Å². The van der Waals surface area contributed by atoms with Crippen molar-refractivity contribution < 1.29 is 14.7 Å². The van der Waals surface area contributed by atoms with Gasteiger partial charge >= 0.3 is 12.0 Å². The Balaban J connectivity index is 2.00. The van der Waals surface area contributed by atoms with Crippen LogP contribution >= 0.6 is 0 Å². The lowest BCUT2D eigenvalue weighted by atomic mass is 9.82. The van der Waals surface area contributed by atoms with E-state index in [2.05, 4.69) is 10.2 Å². The minimum absolute atomic E-state index is 0.217. The number of carboxylic acids is 1. The number of piperidine rings is 1. The highest BCUT2D eigenvalue weighted by Gasteiger charge is 2.42. The highest BCUT2D eigenvalue weighted by atomic mass is 16.4. The molecule has 1 saturated carbocycles. The van der Waals surface area contributed by atoms with E-state index < -0.39 is 11.5 Å². The number of carboxylic acid groups (broad SMARTS) is 1. The Kier molecular flexibility index (Phi) is 5.08. The van der Waals surface area contributed by atoms with E-state index in [0.717, 1.165) is 32.1 Å². The van der Waals surface area contributed by atoms with Gasteiger partial charge < -0.3 is 20.2 Å². The fourth-order valence-corrected chi connectivity index (χ4v) is 3.39. The third-order valence-corrected chi connectivity index (χ3v) is 4.88. The maximum absolute atomic E-state index is 12.5. The highest BCUT2D eigenvalue weighted by Crippen LogP contribution is 2.29. The van der Waals surface area contributed by atoms with Gasteiger partial charge in [0.1, 0.15) is 5.54 Å². The number of hydrogen-bond acceptors (Lipinski definition) is 3. The molecule has 1 atom stereocenters. The predicted molar refractivity (Wildman–Crippen MR) is 80.3 cm³/mol. The number of rotatable bonds is 3. The maximum Gasteiger partial charge on any atom is 0.329 e. The standard InChI is InChI=1S/C15H27N3O3/c1-17(2)12-7-6-10-18(11-12)14(21)16-15(13(19)20)8-4-3-5-9-15/h12H,3-11H2,1-2H3,(H,16,21)(H,19,20). The molecule has 2 aliphatic rings. The molecule has 1 unspecified atom stereocenters. The molecule has 0 bridgehead atoms. The Hall–Kier alpha value is -1.30. The van der Waals surface area contributed by atoms with Crippen LogP contribution in [-0.4, -0.2) is 65.7 Å². The molecule has 1 heterocycles. The zero-order valence-corrected chi connectivity index (χ0v) is 13.1. The molecule has 0 aromatic rings. The number of likely N-dealkylation sites (tertiary alicyclic amines) is 1. The summed E-state index contributed by atoms with van der Waals surface area (Å²) in [6.45, 7) is 1.39. The summed E-state index contributed by atoms with van der Waals surface area (Å²) in [5, 5.41) is 12.4. The lowest BCUT2D eigenvalue weighted by molar-refractivity contribution is -0.146. The normalized spacial score (nSPS) is 25.7. The van der Waals surface area contributed by atoms with Gasteiger partial charge in [-0.1, -0.05) is 19.3 Å². The molecule has 1 aliphatic heterocycles. The van der Waals surface area contributed by atoms with Crippen molar-refractivity contribution in [1.82, 2.24) is 15.1 Å². The average molecular weight is 297 g/mol. The van der Waals surface area contributed by atoms with Crippen molar-refractivity contribution in [2.75, 3.05) is 27.2 Å². The van der Waals surface area contributed by atoms with Gasteiger partial charge in [-0.05, 0) is 39.8 Å². The predicted octanol–water partition coefficient (Wildman–Crippen LogP) is 1.51. The van der Waals surface area contributed by atoms with Crippen LogP contribution in [-0.2, 0) is 4.79 Å². The second kappa shape index (κ2) is 6.64. The van der Waals surface area contributed by atoms with Crippen molar-refractivity contribution >= 4 is 12.0 Å². The lowest BCUT2D eigenvalue weighted by Crippen LogP contribution is -2.60. The monoisotopic (exact) mass is 297 g/mol. The van der Waals surface area contributed by atoms with Gasteiger partial charge in [0.15, 0.2) is 0 Å². The summed E-state index contributed by atoms with van der Waals surface area (Å²) in [7, 11) is 4.04. The molecular weight excluding hydrogens is 270 g/mol. The van der Waals surface area contributed by atoms with Crippen LogP contribution in [0.1, 0.15) is 44.9 Å². The molecule has 1 aliphatic carbocycles. The van der Waals surface area contributed by atoms with Crippen molar-refractivity contribution in [2.24, 2.45) is 0 Å². The molecular formula is C15H27N3O3. The average Bonchev–Trinajstić information content (AvgIpc) is 2.48. The molecule has 1 saturated heterocycles. The number of aliphatic carboxylic acids is 1. The van der Waals surface area contributed by atoms with Gasteiger partial charge in [0.2, 0.25) is 0 Å². The fourth-order valence-electron chi connectivity index (χ4n) is 3.39. The number of carbonyl (C=O) groups excluding carboxylic acids is 1. The largest absolute Gasteiger partial charge is 0.480 e. The fraction of sp³-hybridized carbons (Fsp3) is 0.867. The van der Waals surface area contributed by atoms with Crippen LogP contribution in [0.15, 0.2) is 0 Å². The van der Waals surface area contributed by atoms with Crippen molar-refractivity contribution in [2.45, 2.75) is 56.5 Å². The summed E-state index contributed by atoms with van der Waals surface area (Å²) in [6.07, 6.45) is 5.92. The van der Waals surface area contributed by atoms with E-state index in [1.165, 1.54) is 0 Å². The van der Waals surface area contributed by atoms with E-state index in [4.69, 9.17) is 0 Å². The van der Waals surface area contributed by atoms with Crippen LogP contribution in [0.25, 0.3) is 0 Å². The van der Waals surface area contributed by atoms with E-state index in [0.29, 0.717) is 32.0 Å². The number of amides is 2. The second-order valence-electron chi connectivity index (χ2n) is 6.58. The molecule has 6 nitrogen and oxygen atoms in total. The third-order valence-electron chi connectivity index (χ3n) is 4.88. The van der Waals surface area contributed by atoms with Gasteiger partial charge in [-0.2, -0.15) is 0 Å². The Labute approximate surface area is 126 Å². The number of likely N-dealkylation sites (N-methyl/N-ethyl adjacent to an activating group) is 1. The second-order valence-corrected chi connectivity index (χ2v) is 6.58. The van der Waals surface area contributed by atoms with Crippen molar-refractivity contribution in [3.05, 3.63) is 0 Å². The first-order valence-electron chi connectivity index (χ1n) is 7.91. The van der Waals surface area contributed by atoms with Gasteiger partial charge in [-0.3, -0.25) is 0 Å². The Morgan fingerprint density at radius 1 is 1.19 bits per heavy atom. The lowest BCUT2D eigenvalue weighted by Gasteiger charge is -2.39. The molecule has 2 fully saturated rings. The van der Waals surface area contributed by atoms with Gasteiger partial charge in [-0.25, -0.2) is 9.59 Å². The van der Waals surface area contributed by atoms with Crippen molar-refractivity contribution in [3.8, 4) is 0 Å². The summed E-state index contributed by atoms with van der Waals surface area (Å²) in [4.78, 5) is 28.0. The molecule has 2 amide bonds. The Morgan fingerprint density at radius 2 is 1.86 bits per heavy atom. The summed E-state index contributed by atoms with van der Waals surface area (Å²) in [5.41, 5.74) is -1.06. The number of hydrogen-bond donors (Lipinski definition) is 2. The van der Waals surface area contributed by atoms with Gasteiger partial charge in [0.25, 0.3) is 0 Å². The maximum atomic E-state index is 12.5.